The number of allylic oxidation sites excluding steroid dienone is 1. The second kappa shape index (κ2) is 6.80. The Bertz CT molecular complexity index is 1160. The molecule has 2 aromatic rings. The number of nitrogens with one attached hydrogen (secondary N) is 1. The first-order valence-electron chi connectivity index (χ1n) is 8.30. The number of carbonyl (C=O) groups excluding carboxylic acids is 1. The van der Waals surface area contributed by atoms with Crippen LogP contribution in [-0.2, 0) is 23.6 Å². The number of nitro benzene ring substituents is 1. The van der Waals surface area contributed by atoms with Gasteiger partial charge < -0.3 is 10.1 Å². The van der Waals surface area contributed by atoms with Crippen LogP contribution in [0, 0.1) is 10.1 Å². The third-order valence-corrected chi connectivity index (χ3v) is 4.84. The molecular formula is C18H18N4O6. The number of fused-ring (bicyclic) bond motifs is 1. The molecule has 3 rings (SSSR count). The lowest BCUT2D eigenvalue weighted by Crippen LogP contribution is -2.43. The van der Waals surface area contributed by atoms with Gasteiger partial charge in [0, 0.05) is 31.4 Å². The summed E-state index contributed by atoms with van der Waals surface area (Å²) in [5.41, 5.74) is -0.832. The van der Waals surface area contributed by atoms with Crippen LogP contribution in [0.4, 0.5) is 11.5 Å². The zero-order chi connectivity index (χ0) is 20.7. The summed E-state index contributed by atoms with van der Waals surface area (Å²) < 4.78 is 7.00. The number of hydrogen-bond donors (Lipinski definition) is 1. The molecule has 1 aromatic carbocycles. The Balaban J connectivity index is 2.49. The van der Waals surface area contributed by atoms with Gasteiger partial charge >= 0.3 is 11.7 Å². The van der Waals surface area contributed by atoms with Crippen molar-refractivity contribution in [2.45, 2.75) is 12.8 Å². The maximum Gasteiger partial charge on any atom is 0.336 e. The molecule has 0 spiro atoms. The lowest BCUT2D eigenvalue weighted by Gasteiger charge is -2.30. The van der Waals surface area contributed by atoms with Gasteiger partial charge in [-0.25, -0.2) is 9.59 Å². The summed E-state index contributed by atoms with van der Waals surface area (Å²) >= 11 is 0. The van der Waals surface area contributed by atoms with E-state index < -0.39 is 28.1 Å². The first-order chi connectivity index (χ1) is 13.2. The fourth-order valence-corrected chi connectivity index (χ4v) is 3.48. The molecule has 10 nitrogen and oxygen atoms in total. The third-order valence-electron chi connectivity index (χ3n) is 4.84. The number of hydrogen-bond acceptors (Lipinski definition) is 7. The van der Waals surface area contributed by atoms with Crippen molar-refractivity contribution in [3.05, 3.63) is 77.6 Å². The first kappa shape index (κ1) is 19.1. The Morgan fingerprint density at radius 1 is 1.21 bits per heavy atom. The number of nitrogens with zero attached hydrogens (tertiary/aromatic N) is 3. The van der Waals surface area contributed by atoms with E-state index in [9.17, 15) is 24.5 Å². The summed E-state index contributed by atoms with van der Waals surface area (Å²) in [4.78, 5) is 48.9. The molecule has 0 unspecified atom stereocenters. The Labute approximate surface area is 158 Å². The van der Waals surface area contributed by atoms with Gasteiger partial charge in [0.1, 0.15) is 5.82 Å². The predicted octanol–water partition coefficient (Wildman–Crippen LogP) is 0.997. The molecule has 1 aromatic heterocycles. The van der Waals surface area contributed by atoms with Gasteiger partial charge in [0.15, 0.2) is 0 Å². The molecular weight excluding hydrogens is 368 g/mol. The van der Waals surface area contributed by atoms with Crippen LogP contribution < -0.4 is 16.6 Å². The van der Waals surface area contributed by atoms with Crippen molar-refractivity contribution < 1.29 is 14.5 Å². The largest absolute Gasteiger partial charge is 0.466 e. The van der Waals surface area contributed by atoms with Gasteiger partial charge in [-0.3, -0.25) is 24.0 Å². The minimum atomic E-state index is -1.07. The molecule has 1 aliphatic rings. The van der Waals surface area contributed by atoms with E-state index in [1.807, 2.05) is 0 Å². The smallest absolute Gasteiger partial charge is 0.336 e. The second-order valence-electron chi connectivity index (χ2n) is 6.37. The number of nitro groups is 1. The van der Waals surface area contributed by atoms with E-state index in [4.69, 9.17) is 4.74 Å². The van der Waals surface area contributed by atoms with Crippen LogP contribution in [0.1, 0.15) is 24.0 Å². The summed E-state index contributed by atoms with van der Waals surface area (Å²) in [6.07, 6.45) is 0. The Hall–Kier alpha value is -3.69. The molecule has 1 aliphatic heterocycles. The zero-order valence-electron chi connectivity index (χ0n) is 15.7. The zero-order valence-corrected chi connectivity index (χ0v) is 15.7. The maximum absolute atomic E-state index is 13.0. The van der Waals surface area contributed by atoms with Gasteiger partial charge in [0.05, 0.1) is 29.1 Å². The van der Waals surface area contributed by atoms with Crippen molar-refractivity contribution in [1.29, 1.82) is 0 Å². The van der Waals surface area contributed by atoms with Crippen LogP contribution in [0.15, 0.2) is 45.1 Å². The van der Waals surface area contributed by atoms with Crippen LogP contribution >= 0.6 is 0 Å². The van der Waals surface area contributed by atoms with Crippen molar-refractivity contribution in [2.24, 2.45) is 14.1 Å². The minimum absolute atomic E-state index is 0.0601. The number of para-hydroxylation sites is 1. The highest BCUT2D eigenvalue weighted by molar-refractivity contribution is 5.94. The van der Waals surface area contributed by atoms with Gasteiger partial charge in [-0.1, -0.05) is 18.2 Å². The molecule has 0 fully saturated rings. The number of carbonyl (C=O) groups is 1. The summed E-state index contributed by atoms with van der Waals surface area (Å²) in [5, 5.41) is 14.5. The monoisotopic (exact) mass is 386 g/mol. The van der Waals surface area contributed by atoms with Gasteiger partial charge in [0.25, 0.3) is 11.2 Å². The van der Waals surface area contributed by atoms with Crippen LogP contribution in [0.5, 0.6) is 0 Å². The Morgan fingerprint density at radius 3 is 2.46 bits per heavy atom. The lowest BCUT2D eigenvalue weighted by atomic mass is 9.81. The van der Waals surface area contributed by atoms with E-state index in [1.165, 1.54) is 44.0 Å². The molecule has 146 valence electrons. The molecule has 0 amide bonds. The molecule has 0 saturated heterocycles. The Morgan fingerprint density at radius 2 is 1.86 bits per heavy atom. The van der Waals surface area contributed by atoms with Crippen molar-refractivity contribution in [2.75, 3.05) is 12.4 Å². The van der Waals surface area contributed by atoms with E-state index in [-0.39, 0.29) is 28.2 Å². The maximum atomic E-state index is 13.0. The fraction of sp³-hybridized carbons (Fsp3) is 0.278. The van der Waals surface area contributed by atoms with Crippen LogP contribution in [0.3, 0.4) is 0 Å². The highest BCUT2D eigenvalue weighted by Crippen LogP contribution is 2.42. The average Bonchev–Trinajstić information content (AvgIpc) is 2.69. The topological polar surface area (TPSA) is 125 Å². The molecule has 10 heteroatoms. The molecule has 28 heavy (non-hydrogen) atoms. The van der Waals surface area contributed by atoms with Gasteiger partial charge in [0.2, 0.25) is 0 Å². The lowest BCUT2D eigenvalue weighted by molar-refractivity contribution is -0.385. The SMILES string of the molecule is COC(=O)C1=C(C)Nc2c(c(=O)n(C)c(=O)n2C)[C@@H]1c1ccccc1[N+](=O)[O-]. The molecule has 0 radical (unpaired) electrons. The summed E-state index contributed by atoms with van der Waals surface area (Å²) in [6, 6.07) is 5.87. The van der Waals surface area contributed by atoms with Crippen molar-refractivity contribution in [3.63, 3.8) is 0 Å². The van der Waals surface area contributed by atoms with E-state index in [0.29, 0.717) is 5.70 Å². The van der Waals surface area contributed by atoms with E-state index in [1.54, 1.807) is 13.0 Å². The number of benzene rings is 1. The molecule has 0 saturated carbocycles. The number of methoxy groups -OCH3 is 1. The van der Waals surface area contributed by atoms with Crippen LogP contribution in [0.2, 0.25) is 0 Å². The molecule has 0 bridgehead atoms. The minimum Gasteiger partial charge on any atom is -0.466 e. The second-order valence-corrected chi connectivity index (χ2v) is 6.37. The highest BCUT2D eigenvalue weighted by Gasteiger charge is 2.39. The summed E-state index contributed by atoms with van der Waals surface area (Å²) in [6.45, 7) is 1.58. The highest BCUT2D eigenvalue weighted by atomic mass is 16.6. The van der Waals surface area contributed by atoms with E-state index in [2.05, 4.69) is 5.32 Å². The normalized spacial score (nSPS) is 15.6. The first-order valence-corrected chi connectivity index (χ1v) is 8.30. The van der Waals surface area contributed by atoms with Gasteiger partial charge in [-0.15, -0.1) is 0 Å². The molecule has 0 aliphatic carbocycles. The number of anilines is 1. The molecule has 2 heterocycles. The third kappa shape index (κ3) is 2.70. The summed E-state index contributed by atoms with van der Waals surface area (Å²) in [7, 11) is 3.97. The number of ether oxygens (including phenoxy) is 1. The van der Waals surface area contributed by atoms with Crippen LogP contribution in [-0.4, -0.2) is 27.1 Å². The fourth-order valence-electron chi connectivity index (χ4n) is 3.48. The van der Waals surface area contributed by atoms with E-state index in [0.717, 1.165) is 4.57 Å². The number of rotatable bonds is 3. The van der Waals surface area contributed by atoms with Crippen LogP contribution in [0.25, 0.3) is 0 Å². The predicted molar refractivity (Wildman–Crippen MR) is 100 cm³/mol. The van der Waals surface area contributed by atoms with Crippen molar-refractivity contribution >= 4 is 17.5 Å². The standard InChI is InChI=1S/C18H18N4O6/c1-9-12(17(24)28-4)13(10-7-5-6-8-11(10)22(26)27)14-15(19-9)20(2)18(25)21(3)16(14)23/h5-8,13,19H,1-4H3/t13-/m1/s1. The van der Waals surface area contributed by atoms with Crippen molar-refractivity contribution in [1.82, 2.24) is 9.13 Å². The van der Waals surface area contributed by atoms with Gasteiger partial charge in [-0.05, 0) is 6.92 Å². The Kier molecular flexibility index (Phi) is 4.63. The van der Waals surface area contributed by atoms with Crippen molar-refractivity contribution in [3.8, 4) is 0 Å². The number of esters is 1. The quantitative estimate of drug-likeness (QED) is 0.474. The van der Waals surface area contributed by atoms with Gasteiger partial charge in [-0.2, -0.15) is 0 Å². The molecule has 1 N–H and O–H groups in total. The summed E-state index contributed by atoms with van der Waals surface area (Å²) in [5.74, 6) is -1.62. The molecule has 1 atom stereocenters. The average molecular weight is 386 g/mol. The van der Waals surface area contributed by atoms with E-state index >= 15 is 0 Å². The number of aromatic nitrogens is 2.